The minimum Gasteiger partial charge on any atom is -0.478 e. The first-order chi connectivity index (χ1) is 11.5. The van der Waals surface area contributed by atoms with E-state index in [0.29, 0.717) is 5.69 Å². The number of nitriles is 1. The summed E-state index contributed by atoms with van der Waals surface area (Å²) in [6.07, 6.45) is 1.32. The van der Waals surface area contributed by atoms with Crippen LogP contribution in [-0.4, -0.2) is 17.0 Å². The second-order valence-corrected chi connectivity index (χ2v) is 5.90. The van der Waals surface area contributed by atoms with E-state index in [1.807, 2.05) is 30.3 Å². The maximum atomic E-state index is 12.1. The van der Waals surface area contributed by atoms with Gasteiger partial charge in [0.25, 0.3) is 5.91 Å². The summed E-state index contributed by atoms with van der Waals surface area (Å²) in [4.78, 5) is 22.9. The van der Waals surface area contributed by atoms with Gasteiger partial charge in [0, 0.05) is 21.1 Å². The number of amides is 1. The van der Waals surface area contributed by atoms with Gasteiger partial charge in [-0.1, -0.05) is 0 Å². The van der Waals surface area contributed by atoms with Gasteiger partial charge in [-0.05, 0) is 71.1 Å². The Hall–Kier alpha value is -2.86. The van der Waals surface area contributed by atoms with Gasteiger partial charge >= 0.3 is 5.97 Å². The lowest BCUT2D eigenvalue weighted by Crippen LogP contribution is -2.14. The van der Waals surface area contributed by atoms with Crippen molar-refractivity contribution in [3.05, 3.63) is 69.4 Å². The van der Waals surface area contributed by atoms with E-state index in [1.165, 1.54) is 30.5 Å². The molecule has 0 spiro atoms. The first-order valence-electron chi connectivity index (χ1n) is 6.76. The second-order valence-electron chi connectivity index (χ2n) is 4.66. The normalized spacial score (nSPS) is 10.6. The smallest absolute Gasteiger partial charge is 0.335 e. The van der Waals surface area contributed by atoms with Crippen molar-refractivity contribution in [2.75, 3.05) is 10.6 Å². The molecule has 0 aliphatic heterocycles. The molecule has 0 saturated heterocycles. The van der Waals surface area contributed by atoms with E-state index < -0.39 is 11.9 Å². The fourth-order valence-electron chi connectivity index (χ4n) is 1.74. The average Bonchev–Trinajstić information content (AvgIpc) is 2.57. The van der Waals surface area contributed by atoms with Crippen LogP contribution < -0.4 is 10.6 Å². The van der Waals surface area contributed by atoms with Gasteiger partial charge in [-0.2, -0.15) is 5.26 Å². The zero-order valence-electron chi connectivity index (χ0n) is 12.3. The van der Waals surface area contributed by atoms with Crippen molar-refractivity contribution in [2.24, 2.45) is 0 Å². The van der Waals surface area contributed by atoms with Crippen LogP contribution >= 0.6 is 22.6 Å². The first-order valence-corrected chi connectivity index (χ1v) is 7.84. The second kappa shape index (κ2) is 8.12. The van der Waals surface area contributed by atoms with Crippen molar-refractivity contribution in [3.63, 3.8) is 0 Å². The largest absolute Gasteiger partial charge is 0.478 e. The fraction of sp³-hybridized carbons (Fsp3) is 0. The molecule has 2 aromatic carbocycles. The highest BCUT2D eigenvalue weighted by Gasteiger charge is 2.10. The molecule has 120 valence electrons. The molecule has 6 nitrogen and oxygen atoms in total. The summed E-state index contributed by atoms with van der Waals surface area (Å²) in [5.41, 5.74) is 1.17. The third kappa shape index (κ3) is 4.82. The van der Waals surface area contributed by atoms with Crippen molar-refractivity contribution >= 4 is 45.8 Å². The van der Waals surface area contributed by atoms with Crippen molar-refractivity contribution in [3.8, 4) is 6.07 Å². The Kier molecular flexibility index (Phi) is 5.92. The third-order valence-electron chi connectivity index (χ3n) is 2.98. The molecule has 7 heteroatoms. The minimum absolute atomic E-state index is 0.101. The number of rotatable bonds is 5. The summed E-state index contributed by atoms with van der Waals surface area (Å²) in [5, 5.41) is 23.4. The molecule has 0 unspecified atom stereocenters. The molecule has 0 fully saturated rings. The summed E-state index contributed by atoms with van der Waals surface area (Å²) in [7, 11) is 0. The van der Waals surface area contributed by atoms with E-state index in [1.54, 1.807) is 0 Å². The van der Waals surface area contributed by atoms with Crippen LogP contribution in [0, 0.1) is 14.9 Å². The van der Waals surface area contributed by atoms with Crippen LogP contribution in [0.5, 0.6) is 0 Å². The molecule has 24 heavy (non-hydrogen) atoms. The molecule has 0 radical (unpaired) electrons. The topological polar surface area (TPSA) is 102 Å². The Labute approximate surface area is 151 Å². The monoisotopic (exact) mass is 433 g/mol. The van der Waals surface area contributed by atoms with Crippen molar-refractivity contribution in [1.29, 1.82) is 5.26 Å². The van der Waals surface area contributed by atoms with Crippen LogP contribution in [0.15, 0.2) is 60.3 Å². The molecule has 0 saturated carbocycles. The standard InChI is InChI=1S/C17H12IN3O3/c18-13-3-7-14(8-4-13)20-10-12(9-19)16(22)21-15-5-1-11(2-6-15)17(23)24/h1-8,10,20H,(H,21,22)(H,23,24)/b12-10-. The summed E-state index contributed by atoms with van der Waals surface area (Å²) in [6, 6.07) is 14.9. The maximum Gasteiger partial charge on any atom is 0.335 e. The van der Waals surface area contributed by atoms with Gasteiger partial charge in [-0.3, -0.25) is 4.79 Å². The molecule has 1 amide bonds. The van der Waals surface area contributed by atoms with E-state index >= 15 is 0 Å². The number of benzene rings is 2. The van der Waals surface area contributed by atoms with Crippen LogP contribution in [0.3, 0.4) is 0 Å². The number of carboxylic acids is 1. The summed E-state index contributed by atoms with van der Waals surface area (Å²) in [5.74, 6) is -1.63. The van der Waals surface area contributed by atoms with Crippen LogP contribution in [-0.2, 0) is 4.79 Å². The highest BCUT2D eigenvalue weighted by atomic mass is 127. The van der Waals surface area contributed by atoms with Crippen molar-refractivity contribution in [1.82, 2.24) is 0 Å². The molecule has 0 atom stereocenters. The van der Waals surface area contributed by atoms with Crippen LogP contribution in [0.2, 0.25) is 0 Å². The van der Waals surface area contributed by atoms with Gasteiger partial charge in [0.15, 0.2) is 0 Å². The number of nitrogens with one attached hydrogen (secondary N) is 2. The number of halogens is 1. The zero-order chi connectivity index (χ0) is 17.5. The number of carboxylic acid groups (broad SMARTS) is 1. The molecular formula is C17H12IN3O3. The van der Waals surface area contributed by atoms with Crippen molar-refractivity contribution in [2.45, 2.75) is 0 Å². The predicted octanol–water partition coefficient (Wildman–Crippen LogP) is 3.45. The molecular weight excluding hydrogens is 421 g/mol. The Morgan fingerprint density at radius 1 is 1.04 bits per heavy atom. The lowest BCUT2D eigenvalue weighted by Gasteiger charge is -2.06. The van der Waals surface area contributed by atoms with Crippen LogP contribution in [0.4, 0.5) is 11.4 Å². The SMILES string of the molecule is N#C/C(=C/Nc1ccc(I)cc1)C(=O)Nc1ccc(C(=O)O)cc1. The summed E-state index contributed by atoms with van der Waals surface area (Å²) in [6.45, 7) is 0. The zero-order valence-corrected chi connectivity index (χ0v) is 14.4. The Balaban J connectivity index is 2.05. The Morgan fingerprint density at radius 3 is 2.17 bits per heavy atom. The number of carbonyl (C=O) groups excluding carboxylic acids is 1. The molecule has 0 heterocycles. The van der Waals surface area contributed by atoms with Crippen LogP contribution in [0.25, 0.3) is 0 Å². The van der Waals surface area contributed by atoms with Crippen molar-refractivity contribution < 1.29 is 14.7 Å². The predicted molar refractivity (Wildman–Crippen MR) is 98.5 cm³/mol. The number of aromatic carboxylic acids is 1. The van der Waals surface area contributed by atoms with Gasteiger partial charge in [-0.25, -0.2) is 4.79 Å². The van der Waals surface area contributed by atoms with E-state index in [4.69, 9.17) is 10.4 Å². The molecule has 2 rings (SSSR count). The highest BCUT2D eigenvalue weighted by Crippen LogP contribution is 2.13. The van der Waals surface area contributed by atoms with E-state index in [-0.39, 0.29) is 11.1 Å². The number of carbonyl (C=O) groups is 2. The van der Waals surface area contributed by atoms with Gasteiger partial charge in [0.1, 0.15) is 11.6 Å². The van der Waals surface area contributed by atoms with E-state index in [2.05, 4.69) is 33.2 Å². The highest BCUT2D eigenvalue weighted by molar-refractivity contribution is 14.1. The first kappa shape index (κ1) is 17.5. The molecule has 0 bridgehead atoms. The Morgan fingerprint density at radius 2 is 1.62 bits per heavy atom. The quantitative estimate of drug-likeness (QED) is 0.381. The average molecular weight is 433 g/mol. The molecule has 0 aromatic heterocycles. The minimum atomic E-state index is -1.05. The summed E-state index contributed by atoms with van der Waals surface area (Å²) < 4.78 is 1.07. The molecule has 0 aliphatic carbocycles. The fourth-order valence-corrected chi connectivity index (χ4v) is 2.10. The molecule has 0 aliphatic rings. The lowest BCUT2D eigenvalue weighted by molar-refractivity contribution is -0.112. The van der Waals surface area contributed by atoms with Gasteiger partial charge in [-0.15, -0.1) is 0 Å². The number of nitrogens with zero attached hydrogens (tertiary/aromatic N) is 1. The number of hydrogen-bond donors (Lipinski definition) is 3. The van der Waals surface area contributed by atoms with Gasteiger partial charge in [0.05, 0.1) is 5.56 Å². The molecule has 3 N–H and O–H groups in total. The third-order valence-corrected chi connectivity index (χ3v) is 3.70. The van der Waals surface area contributed by atoms with Gasteiger partial charge in [0.2, 0.25) is 0 Å². The summed E-state index contributed by atoms with van der Waals surface area (Å²) >= 11 is 2.18. The lowest BCUT2D eigenvalue weighted by atomic mass is 10.2. The van der Waals surface area contributed by atoms with Gasteiger partial charge < -0.3 is 15.7 Å². The van der Waals surface area contributed by atoms with Crippen LogP contribution in [0.1, 0.15) is 10.4 Å². The van der Waals surface area contributed by atoms with E-state index in [0.717, 1.165) is 9.26 Å². The Bertz CT molecular complexity index is 822. The number of anilines is 2. The van der Waals surface area contributed by atoms with E-state index in [9.17, 15) is 9.59 Å². The maximum absolute atomic E-state index is 12.1. The number of hydrogen-bond acceptors (Lipinski definition) is 4. The molecule has 2 aromatic rings.